The molecule has 172 valence electrons. The van der Waals surface area contributed by atoms with Crippen LogP contribution in [0, 0.1) is 0 Å². The van der Waals surface area contributed by atoms with E-state index >= 15 is 0 Å². The molecule has 5 nitrogen and oxygen atoms in total. The number of anilines is 2. The largest absolute Gasteiger partial charge is 0.417 e. The SMILES string of the molecule is O=C(CCN1CCN(c2ccc(C(F)(F)F)cn2)CC1)Nc1ccccc1-c1ccccc1. The predicted octanol–water partition coefficient (Wildman–Crippen LogP) is 4.92. The summed E-state index contributed by atoms with van der Waals surface area (Å²) in [5, 5.41) is 3.02. The maximum absolute atomic E-state index is 12.7. The average Bonchev–Trinajstić information content (AvgIpc) is 2.83. The van der Waals surface area contributed by atoms with E-state index < -0.39 is 11.7 Å². The summed E-state index contributed by atoms with van der Waals surface area (Å²) in [6.45, 7) is 3.36. The van der Waals surface area contributed by atoms with E-state index in [1.165, 1.54) is 6.07 Å². The summed E-state index contributed by atoms with van der Waals surface area (Å²) in [4.78, 5) is 20.7. The summed E-state index contributed by atoms with van der Waals surface area (Å²) in [7, 11) is 0. The van der Waals surface area contributed by atoms with E-state index in [9.17, 15) is 18.0 Å². The number of benzene rings is 2. The van der Waals surface area contributed by atoms with E-state index in [0.717, 1.165) is 42.2 Å². The van der Waals surface area contributed by atoms with Crippen LogP contribution in [0.25, 0.3) is 11.1 Å². The zero-order chi connectivity index (χ0) is 23.3. The van der Waals surface area contributed by atoms with Crippen LogP contribution in [0.5, 0.6) is 0 Å². The van der Waals surface area contributed by atoms with Crippen molar-refractivity contribution >= 4 is 17.4 Å². The Morgan fingerprint density at radius 2 is 1.61 bits per heavy atom. The Morgan fingerprint density at radius 1 is 0.909 bits per heavy atom. The van der Waals surface area contributed by atoms with Crippen molar-refractivity contribution < 1.29 is 18.0 Å². The van der Waals surface area contributed by atoms with Gasteiger partial charge in [0.2, 0.25) is 5.91 Å². The van der Waals surface area contributed by atoms with Crippen molar-refractivity contribution in [3.05, 3.63) is 78.5 Å². The van der Waals surface area contributed by atoms with Gasteiger partial charge in [-0.15, -0.1) is 0 Å². The van der Waals surface area contributed by atoms with Gasteiger partial charge in [0.1, 0.15) is 5.82 Å². The minimum Gasteiger partial charge on any atom is -0.354 e. The lowest BCUT2D eigenvalue weighted by atomic mass is 10.0. The third-order valence-corrected chi connectivity index (χ3v) is 5.71. The van der Waals surface area contributed by atoms with E-state index in [0.29, 0.717) is 31.9 Å². The van der Waals surface area contributed by atoms with Crippen LogP contribution in [0.3, 0.4) is 0 Å². The van der Waals surface area contributed by atoms with E-state index in [2.05, 4.69) is 15.2 Å². The van der Waals surface area contributed by atoms with Gasteiger partial charge in [0.05, 0.1) is 5.56 Å². The lowest BCUT2D eigenvalue weighted by molar-refractivity contribution is -0.137. The first-order valence-corrected chi connectivity index (χ1v) is 10.8. The normalized spacial score (nSPS) is 14.8. The van der Waals surface area contributed by atoms with Crippen LogP contribution >= 0.6 is 0 Å². The number of piperazine rings is 1. The van der Waals surface area contributed by atoms with Crippen molar-refractivity contribution in [3.63, 3.8) is 0 Å². The fraction of sp³-hybridized carbons (Fsp3) is 0.280. The maximum atomic E-state index is 12.7. The van der Waals surface area contributed by atoms with Gasteiger partial charge in [-0.3, -0.25) is 9.69 Å². The Balaban J connectivity index is 1.26. The number of hydrogen-bond acceptors (Lipinski definition) is 4. The van der Waals surface area contributed by atoms with E-state index in [4.69, 9.17) is 0 Å². The predicted molar refractivity (Wildman–Crippen MR) is 123 cm³/mol. The molecule has 0 bridgehead atoms. The van der Waals surface area contributed by atoms with Crippen LogP contribution in [0.1, 0.15) is 12.0 Å². The molecule has 33 heavy (non-hydrogen) atoms. The fourth-order valence-corrected chi connectivity index (χ4v) is 3.88. The van der Waals surface area contributed by atoms with Gasteiger partial charge in [0.15, 0.2) is 0 Å². The van der Waals surface area contributed by atoms with Gasteiger partial charge in [0, 0.05) is 56.6 Å². The van der Waals surface area contributed by atoms with Gasteiger partial charge >= 0.3 is 6.18 Å². The van der Waals surface area contributed by atoms with Crippen LogP contribution in [0.15, 0.2) is 72.9 Å². The molecule has 3 aromatic rings. The Kier molecular flexibility index (Phi) is 6.93. The van der Waals surface area contributed by atoms with Crippen LogP contribution in [-0.4, -0.2) is 48.5 Å². The molecule has 0 atom stereocenters. The number of aromatic nitrogens is 1. The highest BCUT2D eigenvalue weighted by Crippen LogP contribution is 2.30. The molecule has 1 aliphatic rings. The number of nitrogens with zero attached hydrogens (tertiary/aromatic N) is 3. The number of nitrogens with one attached hydrogen (secondary N) is 1. The van der Waals surface area contributed by atoms with Gasteiger partial charge in [-0.2, -0.15) is 13.2 Å². The van der Waals surface area contributed by atoms with E-state index in [1.807, 2.05) is 59.5 Å². The van der Waals surface area contributed by atoms with Crippen molar-refractivity contribution in [3.8, 4) is 11.1 Å². The first-order chi connectivity index (χ1) is 15.9. The molecule has 0 unspecified atom stereocenters. The summed E-state index contributed by atoms with van der Waals surface area (Å²) in [5.41, 5.74) is 2.06. The number of alkyl halides is 3. The quantitative estimate of drug-likeness (QED) is 0.575. The smallest absolute Gasteiger partial charge is 0.354 e. The topological polar surface area (TPSA) is 48.5 Å². The average molecular weight is 454 g/mol. The second-order valence-electron chi connectivity index (χ2n) is 7.94. The molecule has 1 saturated heterocycles. The Bertz CT molecular complexity index is 1060. The van der Waals surface area contributed by atoms with Gasteiger partial charge in [-0.1, -0.05) is 48.5 Å². The number of amides is 1. The van der Waals surface area contributed by atoms with Crippen molar-refractivity contribution in [2.24, 2.45) is 0 Å². The minimum atomic E-state index is -4.38. The molecular formula is C25H25F3N4O. The molecule has 0 saturated carbocycles. The third kappa shape index (κ3) is 5.90. The minimum absolute atomic E-state index is 0.0507. The zero-order valence-corrected chi connectivity index (χ0v) is 18.1. The highest BCUT2D eigenvalue weighted by Gasteiger charge is 2.31. The number of para-hydroxylation sites is 1. The van der Waals surface area contributed by atoms with Crippen molar-refractivity contribution in [1.82, 2.24) is 9.88 Å². The zero-order valence-electron chi connectivity index (χ0n) is 18.1. The van der Waals surface area contributed by atoms with Crippen molar-refractivity contribution in [2.45, 2.75) is 12.6 Å². The summed E-state index contributed by atoms with van der Waals surface area (Å²) in [6, 6.07) is 20.1. The maximum Gasteiger partial charge on any atom is 0.417 e. The summed E-state index contributed by atoms with van der Waals surface area (Å²) >= 11 is 0. The van der Waals surface area contributed by atoms with Crippen LogP contribution in [0.2, 0.25) is 0 Å². The second kappa shape index (κ2) is 10.0. The molecule has 8 heteroatoms. The molecule has 4 rings (SSSR count). The summed E-state index contributed by atoms with van der Waals surface area (Å²) < 4.78 is 38.1. The molecule has 0 spiro atoms. The van der Waals surface area contributed by atoms with E-state index in [-0.39, 0.29) is 5.91 Å². The Morgan fingerprint density at radius 3 is 2.27 bits per heavy atom. The lowest BCUT2D eigenvalue weighted by Gasteiger charge is -2.35. The lowest BCUT2D eigenvalue weighted by Crippen LogP contribution is -2.47. The summed E-state index contributed by atoms with van der Waals surface area (Å²) in [5.74, 6) is 0.489. The molecule has 2 heterocycles. The number of pyridine rings is 1. The fourth-order valence-electron chi connectivity index (χ4n) is 3.88. The Labute approximate surface area is 190 Å². The van der Waals surface area contributed by atoms with Gasteiger partial charge in [-0.05, 0) is 23.8 Å². The number of rotatable bonds is 6. The molecule has 0 radical (unpaired) electrons. The number of carbonyl (C=O) groups is 1. The number of halogens is 3. The molecule has 2 aromatic carbocycles. The standard InChI is InChI=1S/C25H25F3N4O/c26-25(27,28)20-10-11-23(29-18-20)32-16-14-31(15-17-32)13-12-24(33)30-22-9-5-4-8-21(22)19-6-2-1-3-7-19/h1-11,18H,12-17H2,(H,30,33). The van der Waals surface area contributed by atoms with Gasteiger partial charge in [-0.25, -0.2) is 4.98 Å². The van der Waals surface area contributed by atoms with Crippen LogP contribution < -0.4 is 10.2 Å². The Hall–Kier alpha value is -3.39. The monoisotopic (exact) mass is 454 g/mol. The highest BCUT2D eigenvalue weighted by atomic mass is 19.4. The molecule has 1 aliphatic heterocycles. The first kappa shape index (κ1) is 22.8. The molecule has 1 amide bonds. The van der Waals surface area contributed by atoms with Crippen LogP contribution in [-0.2, 0) is 11.0 Å². The molecule has 1 aromatic heterocycles. The summed E-state index contributed by atoms with van der Waals surface area (Å²) in [6.07, 6.45) is -3.15. The first-order valence-electron chi connectivity index (χ1n) is 10.8. The molecule has 1 fully saturated rings. The van der Waals surface area contributed by atoms with Gasteiger partial charge in [0.25, 0.3) is 0 Å². The van der Waals surface area contributed by atoms with Crippen molar-refractivity contribution in [1.29, 1.82) is 0 Å². The van der Waals surface area contributed by atoms with Crippen LogP contribution in [0.4, 0.5) is 24.7 Å². The third-order valence-electron chi connectivity index (χ3n) is 5.71. The van der Waals surface area contributed by atoms with Crippen molar-refractivity contribution in [2.75, 3.05) is 42.9 Å². The molecular weight excluding hydrogens is 429 g/mol. The molecule has 1 N–H and O–H groups in total. The number of hydrogen-bond donors (Lipinski definition) is 1. The van der Waals surface area contributed by atoms with E-state index in [1.54, 1.807) is 0 Å². The molecule has 0 aliphatic carbocycles. The highest BCUT2D eigenvalue weighted by molar-refractivity contribution is 5.95. The second-order valence-corrected chi connectivity index (χ2v) is 7.94. The van der Waals surface area contributed by atoms with Gasteiger partial charge < -0.3 is 10.2 Å². The number of carbonyl (C=O) groups excluding carboxylic acids is 1.